The third kappa shape index (κ3) is 4.10. The zero-order valence-corrected chi connectivity index (χ0v) is 15.5. The highest BCUT2D eigenvalue weighted by atomic mass is 16.5. The van der Waals surface area contributed by atoms with Crippen LogP contribution >= 0.6 is 0 Å². The molecule has 2 fully saturated rings. The Labute approximate surface area is 158 Å². The van der Waals surface area contributed by atoms with Crippen molar-refractivity contribution < 1.29 is 14.4 Å². The van der Waals surface area contributed by atoms with E-state index in [4.69, 9.17) is 4.52 Å². The number of carbonyl (C=O) groups is 1. The van der Waals surface area contributed by atoms with Crippen molar-refractivity contribution in [1.29, 1.82) is 0 Å². The molecule has 0 bridgehead atoms. The average molecular weight is 371 g/mol. The topological polar surface area (TPSA) is 104 Å². The van der Waals surface area contributed by atoms with Crippen LogP contribution in [0.2, 0.25) is 0 Å². The van der Waals surface area contributed by atoms with Gasteiger partial charge in [-0.3, -0.25) is 4.79 Å². The second kappa shape index (κ2) is 7.64. The van der Waals surface area contributed by atoms with Gasteiger partial charge in [-0.15, -0.1) is 0 Å². The summed E-state index contributed by atoms with van der Waals surface area (Å²) in [6.45, 7) is 3.67. The lowest BCUT2D eigenvalue weighted by Crippen LogP contribution is -2.36. The van der Waals surface area contributed by atoms with Crippen molar-refractivity contribution in [3.63, 3.8) is 0 Å². The summed E-state index contributed by atoms with van der Waals surface area (Å²) in [7, 11) is 0. The fraction of sp³-hybridized carbons (Fsp3) is 0.579. The van der Waals surface area contributed by atoms with E-state index in [2.05, 4.69) is 25.3 Å². The molecule has 1 aliphatic carbocycles. The molecule has 2 aromatic rings. The Kier molecular flexibility index (Phi) is 5.07. The van der Waals surface area contributed by atoms with E-state index in [1.165, 1.54) is 19.3 Å². The molecule has 0 spiro atoms. The van der Waals surface area contributed by atoms with Gasteiger partial charge in [-0.05, 0) is 51.2 Å². The minimum atomic E-state index is -0.833. The number of aliphatic hydroxyl groups is 1. The first-order valence-electron chi connectivity index (χ1n) is 9.65. The molecule has 27 heavy (non-hydrogen) atoms. The van der Waals surface area contributed by atoms with E-state index < -0.39 is 12.1 Å². The molecule has 0 radical (unpaired) electrons. The highest BCUT2D eigenvalue weighted by Gasteiger charge is 2.34. The van der Waals surface area contributed by atoms with Gasteiger partial charge in [0.15, 0.2) is 0 Å². The molecule has 2 aliphatic rings. The number of nitrogens with one attached hydrogen (secondary N) is 1. The van der Waals surface area contributed by atoms with Crippen molar-refractivity contribution in [3.8, 4) is 11.4 Å². The summed E-state index contributed by atoms with van der Waals surface area (Å²) in [6, 6.07) is 3.18. The van der Waals surface area contributed by atoms with Crippen molar-refractivity contribution >= 4 is 11.7 Å². The third-order valence-corrected chi connectivity index (χ3v) is 5.12. The van der Waals surface area contributed by atoms with E-state index in [9.17, 15) is 9.90 Å². The van der Waals surface area contributed by atoms with Gasteiger partial charge < -0.3 is 19.8 Å². The minimum absolute atomic E-state index is 0.0418. The molecule has 1 saturated heterocycles. The number of aromatic nitrogens is 3. The summed E-state index contributed by atoms with van der Waals surface area (Å²) in [5.41, 5.74) is 0.739. The van der Waals surface area contributed by atoms with Crippen molar-refractivity contribution in [2.75, 3.05) is 18.0 Å². The molecule has 144 valence electrons. The summed E-state index contributed by atoms with van der Waals surface area (Å²) < 4.78 is 5.32. The van der Waals surface area contributed by atoms with Gasteiger partial charge in [0.25, 0.3) is 5.89 Å². The normalized spacial score (nSPS) is 19.6. The first kappa shape index (κ1) is 17.9. The summed E-state index contributed by atoms with van der Waals surface area (Å²) in [5.74, 6) is 1.53. The second-order valence-electron chi connectivity index (χ2n) is 7.41. The van der Waals surface area contributed by atoms with E-state index >= 15 is 0 Å². The van der Waals surface area contributed by atoms with E-state index in [-0.39, 0.29) is 17.7 Å². The van der Waals surface area contributed by atoms with Gasteiger partial charge in [-0.1, -0.05) is 5.16 Å². The Bertz CT molecular complexity index is 779. The number of carbonyl (C=O) groups excluding carboxylic acids is 1. The van der Waals surface area contributed by atoms with Crippen molar-refractivity contribution in [2.24, 2.45) is 5.92 Å². The Morgan fingerprint density at radius 1 is 1.30 bits per heavy atom. The number of pyridine rings is 1. The molecule has 4 rings (SSSR count). The van der Waals surface area contributed by atoms with Crippen LogP contribution in [-0.2, 0) is 4.79 Å². The molecule has 8 heteroatoms. The second-order valence-corrected chi connectivity index (χ2v) is 7.41. The van der Waals surface area contributed by atoms with Gasteiger partial charge in [0.2, 0.25) is 11.7 Å². The monoisotopic (exact) mass is 371 g/mol. The van der Waals surface area contributed by atoms with Gasteiger partial charge in [0.1, 0.15) is 11.9 Å². The van der Waals surface area contributed by atoms with E-state index in [0.29, 0.717) is 5.82 Å². The standard InChI is InChI=1S/C19H25N5O3/c1-12(25)16(21-18(26)13-5-6-13)19-22-17(23-27-19)14-7-8-15(20-11-14)24-9-3-2-4-10-24/h7-8,11-13,16,25H,2-6,9-10H2,1H3,(H,21,26). The predicted octanol–water partition coefficient (Wildman–Crippen LogP) is 2.07. The fourth-order valence-corrected chi connectivity index (χ4v) is 3.31. The van der Waals surface area contributed by atoms with Crippen molar-refractivity contribution in [1.82, 2.24) is 20.4 Å². The van der Waals surface area contributed by atoms with Gasteiger partial charge in [0.05, 0.1) is 6.10 Å². The summed E-state index contributed by atoms with van der Waals surface area (Å²) in [4.78, 5) is 23.2. The summed E-state index contributed by atoms with van der Waals surface area (Å²) in [5, 5.41) is 16.8. The van der Waals surface area contributed by atoms with Gasteiger partial charge in [-0.25, -0.2) is 4.98 Å². The van der Waals surface area contributed by atoms with Crippen LogP contribution in [0.5, 0.6) is 0 Å². The molecule has 1 aliphatic heterocycles. The Balaban J connectivity index is 1.48. The highest BCUT2D eigenvalue weighted by Crippen LogP contribution is 2.30. The average Bonchev–Trinajstić information content (AvgIpc) is 3.44. The lowest BCUT2D eigenvalue weighted by molar-refractivity contribution is -0.124. The van der Waals surface area contributed by atoms with Crippen molar-refractivity contribution in [2.45, 2.75) is 51.2 Å². The zero-order chi connectivity index (χ0) is 18.8. The van der Waals surface area contributed by atoms with Crippen LogP contribution in [-0.4, -0.2) is 45.3 Å². The Hall–Kier alpha value is -2.48. The van der Waals surface area contributed by atoms with Crippen LogP contribution in [0.1, 0.15) is 51.0 Å². The summed E-state index contributed by atoms with van der Waals surface area (Å²) in [6.07, 6.45) is 6.36. The number of nitrogens with zero attached hydrogens (tertiary/aromatic N) is 4. The Morgan fingerprint density at radius 3 is 2.70 bits per heavy atom. The van der Waals surface area contributed by atoms with Crippen LogP contribution in [0.3, 0.4) is 0 Å². The quantitative estimate of drug-likeness (QED) is 0.801. The smallest absolute Gasteiger partial charge is 0.252 e. The molecule has 0 aromatic carbocycles. The number of hydrogen-bond acceptors (Lipinski definition) is 7. The lowest BCUT2D eigenvalue weighted by atomic mass is 10.1. The first-order valence-corrected chi connectivity index (χ1v) is 9.65. The minimum Gasteiger partial charge on any atom is -0.391 e. The number of piperidine rings is 1. The van der Waals surface area contributed by atoms with Gasteiger partial charge >= 0.3 is 0 Å². The molecule has 8 nitrogen and oxygen atoms in total. The van der Waals surface area contributed by atoms with E-state index in [1.54, 1.807) is 13.1 Å². The molecule has 2 aromatic heterocycles. The maximum absolute atomic E-state index is 12.0. The Morgan fingerprint density at radius 2 is 2.07 bits per heavy atom. The zero-order valence-electron chi connectivity index (χ0n) is 15.5. The van der Waals surface area contributed by atoms with Gasteiger partial charge in [-0.2, -0.15) is 4.98 Å². The fourth-order valence-electron chi connectivity index (χ4n) is 3.31. The molecular formula is C19H25N5O3. The van der Waals surface area contributed by atoms with Crippen LogP contribution in [0.15, 0.2) is 22.9 Å². The summed E-state index contributed by atoms with van der Waals surface area (Å²) >= 11 is 0. The van der Waals surface area contributed by atoms with Crippen LogP contribution < -0.4 is 10.2 Å². The molecule has 3 heterocycles. The molecule has 1 saturated carbocycles. The number of rotatable bonds is 6. The molecule has 2 N–H and O–H groups in total. The SMILES string of the molecule is CC(O)C(NC(=O)C1CC1)c1nc(-c2ccc(N3CCCCC3)nc2)no1. The van der Waals surface area contributed by atoms with E-state index in [0.717, 1.165) is 37.3 Å². The van der Waals surface area contributed by atoms with E-state index in [1.807, 2.05) is 12.1 Å². The number of amides is 1. The van der Waals surface area contributed by atoms with Crippen LogP contribution in [0.25, 0.3) is 11.4 Å². The molecule has 2 unspecified atom stereocenters. The number of anilines is 1. The maximum atomic E-state index is 12.0. The maximum Gasteiger partial charge on any atom is 0.252 e. The van der Waals surface area contributed by atoms with Crippen LogP contribution in [0.4, 0.5) is 5.82 Å². The molecular weight excluding hydrogens is 346 g/mol. The van der Waals surface area contributed by atoms with Crippen molar-refractivity contribution in [3.05, 3.63) is 24.2 Å². The van der Waals surface area contributed by atoms with Gasteiger partial charge in [0, 0.05) is 30.8 Å². The predicted molar refractivity (Wildman–Crippen MR) is 98.9 cm³/mol. The largest absolute Gasteiger partial charge is 0.391 e. The third-order valence-electron chi connectivity index (χ3n) is 5.12. The number of aliphatic hydroxyl groups excluding tert-OH is 1. The van der Waals surface area contributed by atoms with Crippen LogP contribution in [0, 0.1) is 5.92 Å². The number of hydrogen-bond donors (Lipinski definition) is 2. The molecule has 1 amide bonds. The highest BCUT2D eigenvalue weighted by molar-refractivity contribution is 5.81. The first-order chi connectivity index (χ1) is 13.1. The molecule has 2 atom stereocenters. The lowest BCUT2D eigenvalue weighted by Gasteiger charge is -2.27.